The Labute approximate surface area is 235 Å². The van der Waals surface area contributed by atoms with E-state index >= 15 is 0 Å². The Hall–Kier alpha value is -4.52. The van der Waals surface area contributed by atoms with E-state index in [4.69, 9.17) is 21.8 Å². The zero-order valence-electron chi connectivity index (χ0n) is 20.4. The lowest BCUT2D eigenvalue weighted by atomic mass is 9.97. The number of primary amides is 1. The van der Waals surface area contributed by atoms with Crippen molar-refractivity contribution < 1.29 is 19.1 Å². The molecule has 11 heteroatoms. The van der Waals surface area contributed by atoms with Crippen LogP contribution in [-0.2, 0) is 4.79 Å². The fraction of sp³-hybridized carbons (Fsp3) is 0.143. The molecule has 2 amide bonds. The molecule has 0 unspecified atom stereocenters. The van der Waals surface area contributed by atoms with Gasteiger partial charge in [0.05, 0.1) is 12.0 Å². The van der Waals surface area contributed by atoms with Gasteiger partial charge in [-0.25, -0.2) is 4.98 Å². The average Bonchev–Trinajstić information content (AvgIpc) is 3.61. The third kappa shape index (κ3) is 5.53. The van der Waals surface area contributed by atoms with Crippen molar-refractivity contribution in [3.8, 4) is 34.2 Å². The molecule has 2 aromatic carbocycles. The first-order valence-electron chi connectivity index (χ1n) is 11.8. The van der Waals surface area contributed by atoms with Crippen LogP contribution in [0.2, 0.25) is 5.02 Å². The molecule has 0 spiro atoms. The molecule has 198 valence electrons. The van der Waals surface area contributed by atoms with Crippen LogP contribution in [0.1, 0.15) is 29.0 Å². The van der Waals surface area contributed by atoms with Crippen LogP contribution in [0, 0.1) is 11.3 Å². The summed E-state index contributed by atoms with van der Waals surface area (Å²) in [5, 5.41) is 23.7. The van der Waals surface area contributed by atoms with Gasteiger partial charge in [-0.15, -0.1) is 12.4 Å². The second-order valence-corrected chi connectivity index (χ2v) is 9.22. The highest BCUT2D eigenvalue weighted by Crippen LogP contribution is 2.38. The van der Waals surface area contributed by atoms with Gasteiger partial charge < -0.3 is 25.5 Å². The molecule has 4 aromatic rings. The molecule has 3 heterocycles. The Kier molecular flexibility index (Phi) is 8.10. The first kappa shape index (κ1) is 27.5. The minimum Gasteiger partial charge on any atom is -0.507 e. The number of carbonyl (C=O) groups excluding carboxylic acids is 2. The minimum atomic E-state index is -0.586. The van der Waals surface area contributed by atoms with Crippen LogP contribution in [-0.4, -0.2) is 34.5 Å². The minimum absolute atomic E-state index is 0. The zero-order valence-corrected chi connectivity index (χ0v) is 22.0. The SMILES string of the molecule is Cl.N#Cc1c(-c2cccc(N3CCC[C@@H]3C(N)=O)c2)cc(-c2ccc(Cl)cc2O)nc1NC(=O)c1ccco1. The molecule has 0 saturated carbocycles. The molecular formula is C28H23Cl2N5O4. The molecule has 9 nitrogen and oxygen atoms in total. The predicted molar refractivity (Wildman–Crippen MR) is 150 cm³/mol. The number of nitrogens with one attached hydrogen (secondary N) is 1. The summed E-state index contributed by atoms with van der Waals surface area (Å²) in [6, 6.07) is 18.4. The number of rotatable bonds is 6. The number of benzene rings is 2. The highest BCUT2D eigenvalue weighted by molar-refractivity contribution is 6.30. The van der Waals surface area contributed by atoms with Gasteiger partial charge in [0.15, 0.2) is 11.6 Å². The fourth-order valence-corrected chi connectivity index (χ4v) is 4.80. The molecular weight excluding hydrogens is 541 g/mol. The smallest absolute Gasteiger partial charge is 0.292 e. The highest BCUT2D eigenvalue weighted by atomic mass is 35.5. The zero-order chi connectivity index (χ0) is 26.8. The summed E-state index contributed by atoms with van der Waals surface area (Å²) in [7, 11) is 0. The number of pyridine rings is 1. The molecule has 4 N–H and O–H groups in total. The van der Waals surface area contributed by atoms with Gasteiger partial charge >= 0.3 is 0 Å². The Morgan fingerprint density at radius 2 is 1.97 bits per heavy atom. The average molecular weight is 564 g/mol. The third-order valence-corrected chi connectivity index (χ3v) is 6.65. The molecule has 1 saturated heterocycles. The largest absolute Gasteiger partial charge is 0.507 e. The number of carbonyl (C=O) groups is 2. The molecule has 39 heavy (non-hydrogen) atoms. The van der Waals surface area contributed by atoms with Crippen LogP contribution in [0.25, 0.3) is 22.4 Å². The van der Waals surface area contributed by atoms with E-state index < -0.39 is 17.9 Å². The van der Waals surface area contributed by atoms with Gasteiger partial charge in [-0.05, 0) is 66.9 Å². The summed E-state index contributed by atoms with van der Waals surface area (Å²) in [5.41, 5.74) is 8.31. The predicted octanol–water partition coefficient (Wildman–Crippen LogP) is 5.37. The lowest BCUT2D eigenvalue weighted by Gasteiger charge is -2.25. The van der Waals surface area contributed by atoms with Crippen molar-refractivity contribution >= 4 is 47.3 Å². The van der Waals surface area contributed by atoms with Crippen LogP contribution >= 0.6 is 24.0 Å². The number of halogens is 2. The first-order chi connectivity index (χ1) is 18.4. The monoisotopic (exact) mass is 563 g/mol. The Balaban J connectivity index is 0.00000353. The van der Waals surface area contributed by atoms with Crippen molar-refractivity contribution in [2.24, 2.45) is 5.73 Å². The number of phenolic OH excluding ortho intramolecular Hbond substituents is 1. The summed E-state index contributed by atoms with van der Waals surface area (Å²) < 4.78 is 5.18. The van der Waals surface area contributed by atoms with Gasteiger partial charge in [0, 0.05) is 28.4 Å². The quantitative estimate of drug-likeness (QED) is 0.286. The molecule has 0 aliphatic carbocycles. The van der Waals surface area contributed by atoms with E-state index in [1.807, 2.05) is 29.2 Å². The van der Waals surface area contributed by atoms with E-state index in [9.17, 15) is 20.0 Å². The van der Waals surface area contributed by atoms with Crippen LogP contribution in [0.15, 0.2) is 71.3 Å². The lowest BCUT2D eigenvalue weighted by Crippen LogP contribution is -2.40. The summed E-state index contributed by atoms with van der Waals surface area (Å²) in [5.74, 6) is -1.04. The summed E-state index contributed by atoms with van der Waals surface area (Å²) in [4.78, 5) is 31.3. The van der Waals surface area contributed by atoms with Gasteiger partial charge in [0.2, 0.25) is 5.91 Å². The van der Waals surface area contributed by atoms with Crippen LogP contribution in [0.5, 0.6) is 5.75 Å². The van der Waals surface area contributed by atoms with Crippen LogP contribution < -0.4 is 16.0 Å². The van der Waals surface area contributed by atoms with E-state index in [0.29, 0.717) is 40.4 Å². The highest BCUT2D eigenvalue weighted by Gasteiger charge is 2.29. The number of nitrogens with two attached hydrogens (primary N) is 1. The maximum atomic E-state index is 12.8. The Morgan fingerprint density at radius 3 is 2.67 bits per heavy atom. The Bertz CT molecular complexity index is 1580. The molecule has 1 atom stereocenters. The molecule has 1 fully saturated rings. The summed E-state index contributed by atoms with van der Waals surface area (Å²) in [6.07, 6.45) is 2.87. The fourth-order valence-electron chi connectivity index (χ4n) is 4.64. The normalized spacial score (nSPS) is 14.4. The maximum absolute atomic E-state index is 12.8. The van der Waals surface area contributed by atoms with E-state index in [2.05, 4.69) is 16.4 Å². The number of nitriles is 1. The van der Waals surface area contributed by atoms with Crippen LogP contribution in [0.4, 0.5) is 11.5 Å². The summed E-state index contributed by atoms with van der Waals surface area (Å²) >= 11 is 6.02. The number of hydrogen-bond acceptors (Lipinski definition) is 7. The molecule has 0 bridgehead atoms. The topological polar surface area (TPSA) is 145 Å². The number of amides is 2. The number of aromatic hydroxyl groups is 1. The molecule has 2 aromatic heterocycles. The van der Waals surface area contributed by atoms with E-state index in [1.54, 1.807) is 24.3 Å². The lowest BCUT2D eigenvalue weighted by molar-refractivity contribution is -0.119. The maximum Gasteiger partial charge on any atom is 0.292 e. The summed E-state index contributed by atoms with van der Waals surface area (Å²) in [6.45, 7) is 0.673. The third-order valence-electron chi connectivity index (χ3n) is 6.41. The second kappa shape index (κ2) is 11.5. The van der Waals surface area contributed by atoms with Crippen molar-refractivity contribution in [2.75, 3.05) is 16.8 Å². The molecule has 1 aliphatic heterocycles. The number of phenols is 1. The van der Waals surface area contributed by atoms with Crippen molar-refractivity contribution in [1.29, 1.82) is 5.26 Å². The molecule has 0 radical (unpaired) electrons. The standard InChI is InChI=1S/C28H22ClN5O4.ClH/c29-17-8-9-19(24(35)13-17)22-14-20(21(15-30)27(32-22)33-28(37)25-7-3-11-38-25)16-4-1-5-18(12-16)34-10-2-6-23(34)26(31)36;/h1,3-5,7-9,11-14,23,35H,2,6,10H2,(H2,31,36)(H,32,33,37);1H/t23-;/m1./s1. The van der Waals surface area contributed by atoms with Crippen molar-refractivity contribution in [2.45, 2.75) is 18.9 Å². The number of aromatic nitrogens is 1. The number of hydrogen-bond donors (Lipinski definition) is 3. The van der Waals surface area contributed by atoms with Crippen molar-refractivity contribution in [3.05, 3.63) is 83.3 Å². The van der Waals surface area contributed by atoms with Crippen molar-refractivity contribution in [1.82, 2.24) is 4.98 Å². The Morgan fingerprint density at radius 1 is 1.15 bits per heavy atom. The van der Waals surface area contributed by atoms with Gasteiger partial charge in [-0.3, -0.25) is 9.59 Å². The molecule has 1 aliphatic rings. The first-order valence-corrected chi connectivity index (χ1v) is 12.2. The second-order valence-electron chi connectivity index (χ2n) is 8.79. The number of furan rings is 1. The van der Waals surface area contributed by atoms with Crippen molar-refractivity contribution in [3.63, 3.8) is 0 Å². The van der Waals surface area contributed by atoms with E-state index in [-0.39, 0.29) is 35.3 Å². The number of anilines is 2. The van der Waals surface area contributed by atoms with E-state index in [0.717, 1.165) is 12.1 Å². The van der Waals surface area contributed by atoms with Gasteiger partial charge in [0.25, 0.3) is 5.91 Å². The van der Waals surface area contributed by atoms with Crippen LogP contribution in [0.3, 0.4) is 0 Å². The van der Waals surface area contributed by atoms with Gasteiger partial charge in [-0.1, -0.05) is 23.7 Å². The van der Waals surface area contributed by atoms with Gasteiger partial charge in [-0.2, -0.15) is 5.26 Å². The van der Waals surface area contributed by atoms with Gasteiger partial charge in [0.1, 0.15) is 23.4 Å². The molecule has 5 rings (SSSR count). The van der Waals surface area contributed by atoms with E-state index in [1.165, 1.54) is 18.4 Å². The number of nitrogens with zero attached hydrogens (tertiary/aromatic N) is 3.